The quantitative estimate of drug-likeness (QED) is 0.785. The second-order valence-corrected chi connectivity index (χ2v) is 8.65. The zero-order chi connectivity index (χ0) is 17.9. The van der Waals surface area contributed by atoms with Crippen LogP contribution in [0.1, 0.15) is 21.5 Å². The fraction of sp³-hybridized carbons (Fsp3) is 0.235. The van der Waals surface area contributed by atoms with Crippen molar-refractivity contribution in [2.24, 2.45) is 0 Å². The number of hydrogen-bond acceptors (Lipinski definition) is 3. The highest BCUT2D eigenvalue weighted by molar-refractivity contribution is 7.89. The maximum atomic E-state index is 12.5. The van der Waals surface area contributed by atoms with E-state index in [4.69, 9.17) is 23.2 Å². The van der Waals surface area contributed by atoms with Crippen LogP contribution in [0.5, 0.6) is 0 Å². The summed E-state index contributed by atoms with van der Waals surface area (Å²) < 4.78 is 22.6. The van der Waals surface area contributed by atoms with Crippen LogP contribution >= 0.6 is 23.2 Å². The minimum Gasteiger partial charge on any atom is -0.337 e. The molecular weight excluding hydrogens is 369 g/mol. The summed E-state index contributed by atoms with van der Waals surface area (Å²) in [6.45, 7) is 0.347. The second kappa shape index (κ2) is 7.55. The van der Waals surface area contributed by atoms with E-state index >= 15 is 0 Å². The van der Waals surface area contributed by atoms with Gasteiger partial charge in [-0.3, -0.25) is 4.79 Å². The van der Waals surface area contributed by atoms with Gasteiger partial charge in [0.15, 0.2) is 9.84 Å². The third-order valence-corrected chi connectivity index (χ3v) is 4.84. The van der Waals surface area contributed by atoms with Gasteiger partial charge in [-0.1, -0.05) is 41.4 Å². The molecule has 24 heavy (non-hydrogen) atoms. The Morgan fingerprint density at radius 2 is 1.71 bits per heavy atom. The van der Waals surface area contributed by atoms with Crippen molar-refractivity contribution in [3.63, 3.8) is 0 Å². The van der Waals surface area contributed by atoms with Crippen LogP contribution < -0.4 is 0 Å². The number of sulfone groups is 1. The average molecular weight is 386 g/mol. The molecule has 2 rings (SSSR count). The molecule has 0 atom stereocenters. The third kappa shape index (κ3) is 5.23. The molecule has 2 aromatic rings. The molecule has 0 radical (unpaired) electrons. The highest BCUT2D eigenvalue weighted by Crippen LogP contribution is 2.22. The summed E-state index contributed by atoms with van der Waals surface area (Å²) in [6, 6.07) is 11.7. The SMILES string of the molecule is CN(Cc1ccc(Cl)cc1Cl)C(=O)c1ccc(CS(C)(=O)=O)cc1. The number of rotatable bonds is 5. The van der Waals surface area contributed by atoms with Crippen LogP contribution in [0.15, 0.2) is 42.5 Å². The van der Waals surface area contributed by atoms with Crippen molar-refractivity contribution < 1.29 is 13.2 Å². The molecule has 0 N–H and O–H groups in total. The normalized spacial score (nSPS) is 11.3. The molecule has 0 saturated carbocycles. The number of hydrogen-bond donors (Lipinski definition) is 0. The lowest BCUT2D eigenvalue weighted by molar-refractivity contribution is 0.0785. The first kappa shape index (κ1) is 18.8. The number of halogens is 2. The summed E-state index contributed by atoms with van der Waals surface area (Å²) in [5.74, 6) is -0.218. The Labute approximate surface area is 151 Å². The van der Waals surface area contributed by atoms with Gasteiger partial charge in [-0.15, -0.1) is 0 Å². The predicted molar refractivity (Wildman–Crippen MR) is 97.2 cm³/mol. The van der Waals surface area contributed by atoms with Crippen molar-refractivity contribution in [3.8, 4) is 0 Å². The van der Waals surface area contributed by atoms with E-state index in [1.807, 2.05) is 0 Å². The van der Waals surface area contributed by atoms with Crippen LogP contribution in [-0.4, -0.2) is 32.5 Å². The number of nitrogens with zero attached hydrogens (tertiary/aromatic N) is 1. The fourth-order valence-electron chi connectivity index (χ4n) is 2.24. The predicted octanol–water partition coefficient (Wildman–Crippen LogP) is 3.81. The minimum absolute atomic E-state index is 0.0440. The van der Waals surface area contributed by atoms with Gasteiger partial charge < -0.3 is 4.90 Å². The third-order valence-electron chi connectivity index (χ3n) is 3.40. The van der Waals surface area contributed by atoms with Crippen molar-refractivity contribution >= 4 is 38.9 Å². The van der Waals surface area contributed by atoms with E-state index in [2.05, 4.69) is 0 Å². The van der Waals surface area contributed by atoms with Crippen molar-refractivity contribution in [1.29, 1.82) is 0 Å². The van der Waals surface area contributed by atoms with Gasteiger partial charge in [0, 0.05) is 35.5 Å². The molecule has 0 saturated heterocycles. The lowest BCUT2D eigenvalue weighted by Crippen LogP contribution is -2.26. The molecule has 2 aromatic carbocycles. The first-order valence-corrected chi connectivity index (χ1v) is 9.93. The summed E-state index contributed by atoms with van der Waals surface area (Å²) >= 11 is 12.0. The smallest absolute Gasteiger partial charge is 0.253 e. The molecule has 0 aliphatic carbocycles. The molecule has 0 aliphatic heterocycles. The van der Waals surface area contributed by atoms with Crippen LogP contribution in [0, 0.1) is 0 Å². The van der Waals surface area contributed by atoms with E-state index in [9.17, 15) is 13.2 Å². The second-order valence-electron chi connectivity index (χ2n) is 5.66. The van der Waals surface area contributed by atoms with Gasteiger partial charge in [-0.05, 0) is 35.4 Å². The van der Waals surface area contributed by atoms with Crippen LogP contribution in [0.4, 0.5) is 0 Å². The van der Waals surface area contributed by atoms with Gasteiger partial charge in [0.1, 0.15) is 0 Å². The van der Waals surface area contributed by atoms with E-state index in [-0.39, 0.29) is 11.7 Å². The van der Waals surface area contributed by atoms with E-state index in [0.717, 1.165) is 5.56 Å². The Morgan fingerprint density at radius 3 is 2.25 bits per heavy atom. The van der Waals surface area contributed by atoms with E-state index in [0.29, 0.717) is 27.7 Å². The van der Waals surface area contributed by atoms with Crippen molar-refractivity contribution in [2.75, 3.05) is 13.3 Å². The highest BCUT2D eigenvalue weighted by atomic mass is 35.5. The molecule has 0 unspecified atom stereocenters. The Morgan fingerprint density at radius 1 is 1.08 bits per heavy atom. The lowest BCUT2D eigenvalue weighted by atomic mass is 10.1. The fourth-order valence-corrected chi connectivity index (χ4v) is 3.51. The molecular formula is C17H17Cl2NO3S. The Kier molecular flexibility index (Phi) is 5.91. The first-order valence-electron chi connectivity index (χ1n) is 7.12. The van der Waals surface area contributed by atoms with Gasteiger partial charge in [0.25, 0.3) is 5.91 Å². The highest BCUT2D eigenvalue weighted by Gasteiger charge is 2.14. The summed E-state index contributed by atoms with van der Waals surface area (Å²) in [4.78, 5) is 14.0. The zero-order valence-corrected chi connectivity index (χ0v) is 15.6. The van der Waals surface area contributed by atoms with Crippen molar-refractivity contribution in [3.05, 3.63) is 69.2 Å². The maximum absolute atomic E-state index is 12.5. The monoisotopic (exact) mass is 385 g/mol. The van der Waals surface area contributed by atoms with Crippen LogP contribution in [0.25, 0.3) is 0 Å². The van der Waals surface area contributed by atoms with Crippen molar-refractivity contribution in [2.45, 2.75) is 12.3 Å². The van der Waals surface area contributed by atoms with Gasteiger partial charge in [-0.2, -0.15) is 0 Å². The summed E-state index contributed by atoms with van der Waals surface area (Å²) in [6.07, 6.45) is 1.18. The maximum Gasteiger partial charge on any atom is 0.253 e. The Hall–Kier alpha value is -1.56. The number of carbonyl (C=O) groups is 1. The molecule has 0 aromatic heterocycles. The van der Waals surface area contributed by atoms with E-state index in [1.165, 1.54) is 6.26 Å². The van der Waals surface area contributed by atoms with Gasteiger partial charge in [-0.25, -0.2) is 8.42 Å². The van der Waals surface area contributed by atoms with Gasteiger partial charge in [0.2, 0.25) is 0 Å². The molecule has 0 heterocycles. The topological polar surface area (TPSA) is 54.5 Å². The lowest BCUT2D eigenvalue weighted by Gasteiger charge is -2.18. The number of carbonyl (C=O) groups excluding carboxylic acids is 1. The summed E-state index contributed by atoms with van der Waals surface area (Å²) in [5, 5.41) is 1.05. The standard InChI is InChI=1S/C17H17Cl2NO3S/c1-20(10-14-7-8-15(18)9-16(14)19)17(21)13-5-3-12(4-6-13)11-24(2,22)23/h3-9H,10-11H2,1-2H3. The van der Waals surface area contributed by atoms with Gasteiger partial charge >= 0.3 is 0 Å². The van der Waals surface area contributed by atoms with E-state index < -0.39 is 9.84 Å². The number of amides is 1. The molecule has 0 fully saturated rings. The first-order chi connectivity index (χ1) is 11.2. The van der Waals surface area contributed by atoms with E-state index in [1.54, 1.807) is 54.4 Å². The van der Waals surface area contributed by atoms with Crippen LogP contribution in [-0.2, 0) is 22.1 Å². The minimum atomic E-state index is -3.10. The summed E-state index contributed by atoms with van der Waals surface area (Å²) in [5.41, 5.74) is 1.93. The Bertz CT molecular complexity index is 849. The molecule has 1 amide bonds. The van der Waals surface area contributed by atoms with Gasteiger partial charge in [0.05, 0.1) is 5.75 Å². The zero-order valence-electron chi connectivity index (χ0n) is 13.3. The van der Waals surface area contributed by atoms with Crippen molar-refractivity contribution in [1.82, 2.24) is 4.90 Å². The van der Waals surface area contributed by atoms with Crippen LogP contribution in [0.3, 0.4) is 0 Å². The molecule has 7 heteroatoms. The molecule has 0 bridgehead atoms. The number of benzene rings is 2. The molecule has 4 nitrogen and oxygen atoms in total. The molecule has 0 aliphatic rings. The average Bonchev–Trinajstić information content (AvgIpc) is 2.48. The van der Waals surface area contributed by atoms with Crippen LogP contribution in [0.2, 0.25) is 10.0 Å². The molecule has 0 spiro atoms. The molecule has 128 valence electrons. The largest absolute Gasteiger partial charge is 0.337 e. The Balaban J connectivity index is 2.10. The summed E-state index contributed by atoms with van der Waals surface area (Å²) in [7, 11) is -1.42.